The molecule has 1 nitrogen and oxygen atoms in total. The molecule has 1 N–H and O–H groups in total. The van der Waals surface area contributed by atoms with Crippen molar-refractivity contribution in [3.63, 3.8) is 0 Å². The average molecular weight is 292 g/mol. The van der Waals surface area contributed by atoms with Crippen LogP contribution in [0.4, 0.5) is 13.2 Å². The maximum Gasteiger partial charge on any atom is 0.391 e. The number of halogens is 4. The average Bonchev–Trinajstić information content (AvgIpc) is 2.37. The van der Waals surface area contributed by atoms with E-state index in [0.717, 1.165) is 12.0 Å². The Bertz CT molecular complexity index is 419. The van der Waals surface area contributed by atoms with E-state index in [1.165, 1.54) is 0 Å². The summed E-state index contributed by atoms with van der Waals surface area (Å²) < 4.78 is 38.1. The van der Waals surface area contributed by atoms with Crippen LogP contribution in [0.25, 0.3) is 0 Å². The van der Waals surface area contributed by atoms with Gasteiger partial charge in [0.25, 0.3) is 0 Å². The van der Waals surface area contributed by atoms with Gasteiger partial charge in [-0.05, 0) is 30.9 Å². The molecule has 1 aromatic carbocycles. The lowest BCUT2D eigenvalue weighted by Gasteiger charge is -2.31. The molecule has 0 heterocycles. The SMILES string of the molecule is FC(F)(F)C1CCCC(NCc2ccccc2Cl)C1. The fraction of sp³-hybridized carbons (Fsp3) is 0.571. The maximum atomic E-state index is 12.7. The Morgan fingerprint density at radius 3 is 2.63 bits per heavy atom. The second-order valence-electron chi connectivity index (χ2n) is 5.07. The van der Waals surface area contributed by atoms with Gasteiger partial charge >= 0.3 is 6.18 Å². The number of benzene rings is 1. The highest BCUT2D eigenvalue weighted by molar-refractivity contribution is 6.31. The van der Waals surface area contributed by atoms with Gasteiger partial charge in [0.1, 0.15) is 0 Å². The van der Waals surface area contributed by atoms with Crippen molar-refractivity contribution in [3.05, 3.63) is 34.9 Å². The van der Waals surface area contributed by atoms with Crippen molar-refractivity contribution in [1.82, 2.24) is 5.32 Å². The largest absolute Gasteiger partial charge is 0.391 e. The lowest BCUT2D eigenvalue weighted by atomic mass is 9.85. The number of rotatable bonds is 3. The van der Waals surface area contributed by atoms with Crippen LogP contribution in [0.15, 0.2) is 24.3 Å². The van der Waals surface area contributed by atoms with Gasteiger partial charge in [0.15, 0.2) is 0 Å². The molecule has 0 saturated heterocycles. The standard InChI is InChI=1S/C14H17ClF3N/c15-13-7-2-1-4-10(13)9-19-12-6-3-5-11(8-12)14(16,17)18/h1-2,4,7,11-12,19H,3,5-6,8-9H2. The summed E-state index contributed by atoms with van der Waals surface area (Å²) in [5, 5.41) is 3.85. The van der Waals surface area contributed by atoms with Gasteiger partial charge in [-0.15, -0.1) is 0 Å². The monoisotopic (exact) mass is 291 g/mol. The maximum absolute atomic E-state index is 12.7. The molecule has 1 aliphatic rings. The molecule has 1 fully saturated rings. The number of nitrogens with one attached hydrogen (secondary N) is 1. The van der Waals surface area contributed by atoms with Gasteiger partial charge in [-0.2, -0.15) is 13.2 Å². The third kappa shape index (κ3) is 4.11. The summed E-state index contributed by atoms with van der Waals surface area (Å²) in [4.78, 5) is 0. The highest BCUT2D eigenvalue weighted by Crippen LogP contribution is 2.37. The molecule has 0 spiro atoms. The van der Waals surface area contributed by atoms with Crippen LogP contribution in [0.2, 0.25) is 5.02 Å². The summed E-state index contributed by atoms with van der Waals surface area (Å²) in [5.74, 6) is -1.16. The summed E-state index contributed by atoms with van der Waals surface area (Å²) in [6, 6.07) is 7.32. The number of alkyl halides is 3. The quantitative estimate of drug-likeness (QED) is 0.861. The van der Waals surface area contributed by atoms with E-state index in [0.29, 0.717) is 18.0 Å². The topological polar surface area (TPSA) is 12.0 Å². The van der Waals surface area contributed by atoms with Crippen LogP contribution in [-0.4, -0.2) is 12.2 Å². The molecule has 5 heteroatoms. The predicted octanol–water partition coefficient (Wildman–Crippen LogP) is 4.55. The molecular weight excluding hydrogens is 275 g/mol. The lowest BCUT2D eigenvalue weighted by molar-refractivity contribution is -0.183. The van der Waals surface area contributed by atoms with Crippen molar-refractivity contribution in [2.24, 2.45) is 5.92 Å². The van der Waals surface area contributed by atoms with Crippen molar-refractivity contribution in [1.29, 1.82) is 0 Å². The first-order chi connectivity index (χ1) is 8.97. The summed E-state index contributed by atoms with van der Waals surface area (Å²) in [6.07, 6.45) is -2.20. The van der Waals surface area contributed by atoms with Crippen LogP contribution in [0.3, 0.4) is 0 Å². The Kier molecular flexibility index (Phi) is 4.74. The van der Waals surface area contributed by atoms with Gasteiger partial charge in [0, 0.05) is 17.6 Å². The third-order valence-electron chi connectivity index (χ3n) is 3.68. The molecule has 19 heavy (non-hydrogen) atoms. The third-order valence-corrected chi connectivity index (χ3v) is 4.04. The summed E-state index contributed by atoms with van der Waals surface area (Å²) >= 11 is 6.02. The Hall–Kier alpha value is -0.740. The van der Waals surface area contributed by atoms with Gasteiger partial charge in [-0.3, -0.25) is 0 Å². The molecule has 0 aromatic heterocycles. The second kappa shape index (κ2) is 6.14. The first kappa shape index (κ1) is 14.7. The summed E-state index contributed by atoms with van der Waals surface area (Å²) in [7, 11) is 0. The van der Waals surface area contributed by atoms with Crippen LogP contribution in [0.1, 0.15) is 31.2 Å². The van der Waals surface area contributed by atoms with E-state index in [9.17, 15) is 13.2 Å². The van der Waals surface area contributed by atoms with E-state index in [1.54, 1.807) is 6.07 Å². The zero-order chi connectivity index (χ0) is 13.9. The van der Waals surface area contributed by atoms with Crippen LogP contribution >= 0.6 is 11.6 Å². The summed E-state index contributed by atoms with van der Waals surface area (Å²) in [5.41, 5.74) is 0.929. The van der Waals surface area contributed by atoms with E-state index in [2.05, 4.69) is 5.32 Å². The Morgan fingerprint density at radius 1 is 1.21 bits per heavy atom. The van der Waals surface area contributed by atoms with E-state index < -0.39 is 12.1 Å². The second-order valence-corrected chi connectivity index (χ2v) is 5.48. The van der Waals surface area contributed by atoms with E-state index in [1.807, 2.05) is 18.2 Å². The van der Waals surface area contributed by atoms with Gasteiger partial charge in [0.05, 0.1) is 5.92 Å². The fourth-order valence-corrected chi connectivity index (χ4v) is 2.77. The van der Waals surface area contributed by atoms with E-state index >= 15 is 0 Å². The van der Waals surface area contributed by atoms with E-state index in [-0.39, 0.29) is 18.9 Å². The van der Waals surface area contributed by atoms with Crippen molar-refractivity contribution in [3.8, 4) is 0 Å². The first-order valence-corrected chi connectivity index (χ1v) is 6.88. The molecule has 0 amide bonds. The Labute approximate surface area is 116 Å². The molecule has 1 saturated carbocycles. The predicted molar refractivity (Wildman–Crippen MR) is 70.1 cm³/mol. The molecule has 2 rings (SSSR count). The highest BCUT2D eigenvalue weighted by atomic mass is 35.5. The zero-order valence-corrected chi connectivity index (χ0v) is 11.3. The highest BCUT2D eigenvalue weighted by Gasteiger charge is 2.41. The first-order valence-electron chi connectivity index (χ1n) is 6.50. The molecular formula is C14H17ClF3N. The van der Waals surface area contributed by atoms with Gasteiger partial charge in [-0.1, -0.05) is 36.2 Å². The smallest absolute Gasteiger partial charge is 0.310 e. The molecule has 0 radical (unpaired) electrons. The van der Waals surface area contributed by atoms with Crippen LogP contribution in [0.5, 0.6) is 0 Å². The fourth-order valence-electron chi connectivity index (χ4n) is 2.57. The molecule has 0 bridgehead atoms. The minimum absolute atomic E-state index is 0.0725. The van der Waals surface area contributed by atoms with Crippen molar-refractivity contribution < 1.29 is 13.2 Å². The molecule has 106 valence electrons. The summed E-state index contributed by atoms with van der Waals surface area (Å²) in [6.45, 7) is 0.523. The number of hydrogen-bond acceptors (Lipinski definition) is 1. The van der Waals surface area contributed by atoms with Crippen LogP contribution in [-0.2, 0) is 6.54 Å². The minimum Gasteiger partial charge on any atom is -0.310 e. The molecule has 1 aliphatic carbocycles. The minimum atomic E-state index is -4.06. The molecule has 0 aliphatic heterocycles. The number of hydrogen-bond donors (Lipinski definition) is 1. The molecule has 2 atom stereocenters. The molecule has 1 aromatic rings. The van der Waals surface area contributed by atoms with Crippen molar-refractivity contribution in [2.75, 3.05) is 0 Å². The Balaban J connectivity index is 1.88. The van der Waals surface area contributed by atoms with Crippen molar-refractivity contribution in [2.45, 2.75) is 44.4 Å². The van der Waals surface area contributed by atoms with Crippen molar-refractivity contribution >= 4 is 11.6 Å². The zero-order valence-electron chi connectivity index (χ0n) is 10.5. The van der Waals surface area contributed by atoms with E-state index in [4.69, 9.17) is 11.6 Å². The van der Waals surface area contributed by atoms with Gasteiger partial charge in [0.2, 0.25) is 0 Å². The lowest BCUT2D eigenvalue weighted by Crippen LogP contribution is -2.38. The van der Waals surface area contributed by atoms with Crippen LogP contribution in [0, 0.1) is 5.92 Å². The van der Waals surface area contributed by atoms with Gasteiger partial charge in [-0.25, -0.2) is 0 Å². The Morgan fingerprint density at radius 2 is 1.95 bits per heavy atom. The van der Waals surface area contributed by atoms with Crippen LogP contribution < -0.4 is 5.32 Å². The normalized spacial score (nSPS) is 24.4. The molecule has 2 unspecified atom stereocenters. The van der Waals surface area contributed by atoms with Gasteiger partial charge < -0.3 is 5.32 Å².